The van der Waals surface area contributed by atoms with Crippen molar-refractivity contribution >= 4 is 28.5 Å². The van der Waals surface area contributed by atoms with Crippen molar-refractivity contribution in [3.05, 3.63) is 36.8 Å². The molecule has 0 radical (unpaired) electrons. The maximum Gasteiger partial charge on any atom is 0.471 e. The summed E-state index contributed by atoms with van der Waals surface area (Å²) < 4.78 is 39.2. The van der Waals surface area contributed by atoms with Crippen molar-refractivity contribution in [2.24, 2.45) is 18.4 Å². The van der Waals surface area contributed by atoms with Crippen molar-refractivity contribution in [1.29, 1.82) is 0 Å². The van der Waals surface area contributed by atoms with Gasteiger partial charge < -0.3 is 10.2 Å². The highest BCUT2D eigenvalue weighted by Crippen LogP contribution is 2.52. The van der Waals surface area contributed by atoms with Gasteiger partial charge in [-0.1, -0.05) is 0 Å². The zero-order valence-electron chi connectivity index (χ0n) is 17.1. The first-order valence-electron chi connectivity index (χ1n) is 10.0. The molecule has 166 valence electrons. The lowest BCUT2D eigenvalue weighted by Crippen LogP contribution is -2.66. The zero-order chi connectivity index (χ0) is 22.7. The molecule has 0 atom stereocenters. The molecule has 3 aromatic heterocycles. The maximum atomic E-state index is 12.6. The Morgan fingerprint density at radius 2 is 1.94 bits per heavy atom. The lowest BCUT2D eigenvalue weighted by atomic mass is 9.57. The second kappa shape index (κ2) is 7.01. The van der Waals surface area contributed by atoms with E-state index in [9.17, 15) is 22.8 Å². The fourth-order valence-corrected chi connectivity index (χ4v) is 4.54. The van der Waals surface area contributed by atoms with Gasteiger partial charge in [-0.2, -0.15) is 18.3 Å². The van der Waals surface area contributed by atoms with E-state index in [4.69, 9.17) is 0 Å². The Labute approximate surface area is 180 Å². The van der Waals surface area contributed by atoms with Gasteiger partial charge in [-0.15, -0.1) is 0 Å². The average Bonchev–Trinajstić information content (AvgIpc) is 3.10. The van der Waals surface area contributed by atoms with Crippen LogP contribution in [0.3, 0.4) is 0 Å². The van der Waals surface area contributed by atoms with Gasteiger partial charge in [-0.05, 0) is 25.0 Å². The Balaban J connectivity index is 1.22. The largest absolute Gasteiger partial charge is 0.471 e. The smallest absolute Gasteiger partial charge is 0.334 e. The Morgan fingerprint density at radius 1 is 1.19 bits per heavy atom. The summed E-state index contributed by atoms with van der Waals surface area (Å²) in [5.41, 5.74) is 1.91. The van der Waals surface area contributed by atoms with Gasteiger partial charge in [0.2, 0.25) is 5.91 Å². The predicted molar refractivity (Wildman–Crippen MR) is 108 cm³/mol. The van der Waals surface area contributed by atoms with Crippen molar-refractivity contribution < 1.29 is 22.8 Å². The molecular weight excluding hydrogens is 425 g/mol. The van der Waals surface area contributed by atoms with Crippen molar-refractivity contribution in [2.75, 3.05) is 18.4 Å². The van der Waals surface area contributed by atoms with Crippen molar-refractivity contribution in [3.63, 3.8) is 0 Å². The summed E-state index contributed by atoms with van der Waals surface area (Å²) in [6.45, 7) is 0.0920. The second-order valence-electron chi connectivity index (χ2n) is 8.61. The molecular formula is C21H19F3N6O2. The van der Waals surface area contributed by atoms with E-state index in [-0.39, 0.29) is 30.3 Å². The number of anilines is 1. The molecule has 1 saturated carbocycles. The number of aromatic nitrogens is 4. The van der Waals surface area contributed by atoms with Gasteiger partial charge in [0.15, 0.2) is 0 Å². The van der Waals surface area contributed by atoms with E-state index < -0.39 is 12.1 Å². The fraction of sp³-hybridized carbons (Fsp3) is 0.381. The van der Waals surface area contributed by atoms with Gasteiger partial charge in [0, 0.05) is 60.9 Å². The number of hydrogen-bond acceptors (Lipinski definition) is 5. The minimum Gasteiger partial charge on any atom is -0.334 e. The van der Waals surface area contributed by atoms with E-state index >= 15 is 0 Å². The number of amides is 2. The maximum absolute atomic E-state index is 12.6. The third-order valence-corrected chi connectivity index (χ3v) is 6.14. The van der Waals surface area contributed by atoms with Crippen LogP contribution in [-0.4, -0.2) is 55.7 Å². The van der Waals surface area contributed by atoms with Crippen LogP contribution >= 0.6 is 0 Å². The third-order valence-electron chi connectivity index (χ3n) is 6.14. The van der Waals surface area contributed by atoms with E-state index in [0.29, 0.717) is 24.2 Å². The fourth-order valence-electron chi connectivity index (χ4n) is 4.54. The van der Waals surface area contributed by atoms with Crippen LogP contribution in [0, 0.1) is 11.3 Å². The zero-order valence-corrected chi connectivity index (χ0v) is 17.1. The van der Waals surface area contributed by atoms with Crippen LogP contribution in [0.15, 0.2) is 36.8 Å². The van der Waals surface area contributed by atoms with Crippen LogP contribution in [0.25, 0.3) is 22.2 Å². The summed E-state index contributed by atoms with van der Waals surface area (Å²) in [5.74, 6) is -1.99. The topological polar surface area (TPSA) is 93.0 Å². The molecule has 11 heteroatoms. The van der Waals surface area contributed by atoms with E-state index in [1.807, 2.05) is 25.4 Å². The first kappa shape index (κ1) is 20.4. The number of hydrogen-bond donors (Lipinski definition) is 1. The summed E-state index contributed by atoms with van der Waals surface area (Å²) in [6, 6.07) is 5.46. The number of halogens is 3. The van der Waals surface area contributed by atoms with Crippen molar-refractivity contribution in [1.82, 2.24) is 24.6 Å². The number of pyridine rings is 2. The van der Waals surface area contributed by atoms with Gasteiger partial charge in [0.05, 0.1) is 17.4 Å². The molecule has 4 heterocycles. The van der Waals surface area contributed by atoms with E-state index in [1.165, 1.54) is 0 Å². The number of carbonyl (C=O) groups excluding carboxylic acids is 2. The predicted octanol–water partition coefficient (Wildman–Crippen LogP) is 2.77. The normalized spacial score (nSPS) is 17.8. The Hall–Kier alpha value is -3.50. The van der Waals surface area contributed by atoms with E-state index in [0.717, 1.165) is 21.5 Å². The lowest BCUT2D eigenvalue weighted by Gasteiger charge is -2.58. The highest BCUT2D eigenvalue weighted by molar-refractivity contribution is 5.94. The molecule has 8 nitrogen and oxygen atoms in total. The SMILES string of the molecule is Cn1cc(-c2ccc3cnc(NC(=O)C4CC5(C4)CN(C(=O)C(F)(F)F)C5)cc3n2)cn1. The molecule has 5 rings (SSSR count). The molecule has 3 aromatic rings. The molecule has 1 saturated heterocycles. The molecule has 1 aliphatic carbocycles. The van der Waals surface area contributed by atoms with Crippen LogP contribution in [0.2, 0.25) is 0 Å². The molecule has 0 unspecified atom stereocenters. The summed E-state index contributed by atoms with van der Waals surface area (Å²) in [7, 11) is 1.82. The number of carbonyl (C=O) groups is 2. The number of aryl methyl sites for hydroxylation is 1. The number of nitrogens with zero attached hydrogens (tertiary/aromatic N) is 5. The van der Waals surface area contributed by atoms with Gasteiger partial charge in [0.25, 0.3) is 0 Å². The quantitative estimate of drug-likeness (QED) is 0.671. The first-order chi connectivity index (χ1) is 15.1. The number of nitrogens with one attached hydrogen (secondary N) is 1. The average molecular weight is 444 g/mol. The summed E-state index contributed by atoms with van der Waals surface area (Å²) in [6.07, 6.45) is 1.26. The first-order valence-corrected chi connectivity index (χ1v) is 10.0. The van der Waals surface area contributed by atoms with Crippen molar-refractivity contribution in [2.45, 2.75) is 19.0 Å². The molecule has 0 bridgehead atoms. The standard InChI is InChI=1S/C21H19F3N6O2/c1-29-9-14(8-26-29)15-3-2-12-7-25-17(4-16(12)27-15)28-18(31)13-5-20(6-13)10-30(11-20)19(32)21(22,23)24/h2-4,7-9,13H,5-6,10-11H2,1H3,(H,25,28,31). The Kier molecular flexibility index (Phi) is 4.47. The van der Waals surface area contributed by atoms with Crippen LogP contribution in [-0.2, 0) is 16.6 Å². The van der Waals surface area contributed by atoms with Crippen molar-refractivity contribution in [3.8, 4) is 11.3 Å². The highest BCUT2D eigenvalue weighted by Gasteiger charge is 2.58. The van der Waals surface area contributed by atoms with Crippen LogP contribution < -0.4 is 5.32 Å². The van der Waals surface area contributed by atoms with Gasteiger partial charge in [-0.25, -0.2) is 9.97 Å². The number of rotatable bonds is 3. The monoisotopic (exact) mass is 444 g/mol. The number of likely N-dealkylation sites (tertiary alicyclic amines) is 1. The molecule has 1 aliphatic heterocycles. The molecule has 2 amide bonds. The summed E-state index contributed by atoms with van der Waals surface area (Å²) in [5, 5.41) is 7.74. The van der Waals surface area contributed by atoms with Gasteiger partial charge in [-0.3, -0.25) is 14.3 Å². The van der Waals surface area contributed by atoms with Gasteiger partial charge >= 0.3 is 12.1 Å². The number of alkyl halides is 3. The van der Waals surface area contributed by atoms with E-state index in [1.54, 1.807) is 23.1 Å². The molecule has 0 aromatic carbocycles. The van der Waals surface area contributed by atoms with Crippen LogP contribution in [0.1, 0.15) is 12.8 Å². The van der Waals surface area contributed by atoms with E-state index in [2.05, 4.69) is 20.4 Å². The Morgan fingerprint density at radius 3 is 2.59 bits per heavy atom. The minimum absolute atomic E-state index is 0.0460. The van der Waals surface area contributed by atoms with Gasteiger partial charge in [0.1, 0.15) is 5.82 Å². The van der Waals surface area contributed by atoms with Crippen LogP contribution in [0.4, 0.5) is 19.0 Å². The Bertz CT molecular complexity index is 1220. The molecule has 1 N–H and O–H groups in total. The third kappa shape index (κ3) is 3.57. The number of fused-ring (bicyclic) bond motifs is 1. The molecule has 2 aliphatic rings. The molecule has 1 spiro atoms. The van der Waals surface area contributed by atoms with Crippen LogP contribution in [0.5, 0.6) is 0 Å². The summed E-state index contributed by atoms with van der Waals surface area (Å²) >= 11 is 0. The minimum atomic E-state index is -4.85. The second-order valence-corrected chi connectivity index (χ2v) is 8.61. The molecule has 32 heavy (non-hydrogen) atoms. The summed E-state index contributed by atoms with van der Waals surface area (Å²) in [4.78, 5) is 33.5. The lowest BCUT2D eigenvalue weighted by molar-refractivity contribution is -0.203. The highest BCUT2D eigenvalue weighted by atomic mass is 19.4. The molecule has 2 fully saturated rings.